The Morgan fingerprint density at radius 1 is 1.14 bits per heavy atom. The van der Waals surface area contributed by atoms with Crippen molar-refractivity contribution >= 4 is 11.7 Å². The number of Topliss-reactive ketones (excluding diaryl/α,β-unsaturated/α-hetero) is 1. The van der Waals surface area contributed by atoms with Crippen LogP contribution in [0.15, 0.2) is 29.4 Å². The summed E-state index contributed by atoms with van der Waals surface area (Å²) in [4.78, 5) is 23.3. The number of ketones is 1. The maximum Gasteiger partial charge on any atom is 0.139 e. The van der Waals surface area contributed by atoms with E-state index in [1.807, 2.05) is 12.0 Å². The van der Waals surface area contributed by atoms with Gasteiger partial charge in [-0.15, -0.1) is 0 Å². The highest BCUT2D eigenvalue weighted by Gasteiger charge is 2.58. The summed E-state index contributed by atoms with van der Waals surface area (Å²) < 4.78 is 0. The van der Waals surface area contributed by atoms with Gasteiger partial charge in [0.1, 0.15) is 11.7 Å². The molecule has 0 radical (unpaired) electrons. The van der Waals surface area contributed by atoms with Crippen molar-refractivity contribution in [3.63, 3.8) is 0 Å². The molecule has 4 rings (SSSR count). The molecule has 0 aromatic heterocycles. The average molecular weight is 296 g/mol. The van der Waals surface area contributed by atoms with Gasteiger partial charge in [-0.1, -0.05) is 25.5 Å². The number of rotatable bonds is 0. The predicted molar refractivity (Wildman–Crippen MR) is 85.8 cm³/mol. The van der Waals surface area contributed by atoms with Gasteiger partial charge < -0.3 is 0 Å². The topological polar surface area (TPSA) is 34.1 Å². The van der Waals surface area contributed by atoms with Crippen LogP contribution in [0.1, 0.15) is 52.4 Å². The SMILES string of the molecule is C[C@]12C=CC(=C=O)C=C1CC[C@@H]1[C@@H]2CC[C@]2(C)C(=O)CC[C@@H]12. The zero-order valence-electron chi connectivity index (χ0n) is 13.5. The largest absolute Gasteiger partial charge is 0.299 e. The third-order valence-electron chi connectivity index (χ3n) is 7.41. The zero-order chi connectivity index (χ0) is 15.5. The Balaban J connectivity index is 1.72. The minimum Gasteiger partial charge on any atom is -0.299 e. The van der Waals surface area contributed by atoms with Crippen molar-refractivity contribution in [1.29, 1.82) is 0 Å². The molecule has 0 bridgehead atoms. The van der Waals surface area contributed by atoms with Crippen molar-refractivity contribution in [1.82, 2.24) is 0 Å². The van der Waals surface area contributed by atoms with E-state index in [2.05, 4.69) is 26.0 Å². The Bertz CT molecular complexity index is 649. The molecule has 0 N–H and O–H groups in total. The number of carbonyl (C=O) groups excluding carboxylic acids is 2. The van der Waals surface area contributed by atoms with Crippen molar-refractivity contribution in [3.05, 3.63) is 29.4 Å². The molecule has 0 aromatic carbocycles. The summed E-state index contributed by atoms with van der Waals surface area (Å²) in [5.74, 6) is 4.41. The van der Waals surface area contributed by atoms with E-state index in [-0.39, 0.29) is 10.8 Å². The highest BCUT2D eigenvalue weighted by molar-refractivity contribution is 5.87. The van der Waals surface area contributed by atoms with Crippen molar-refractivity contribution in [2.24, 2.45) is 28.6 Å². The van der Waals surface area contributed by atoms with Crippen LogP contribution in [-0.4, -0.2) is 11.7 Å². The van der Waals surface area contributed by atoms with Crippen molar-refractivity contribution < 1.29 is 9.59 Å². The third kappa shape index (κ3) is 1.68. The molecule has 0 saturated heterocycles. The second-order valence-electron chi connectivity index (χ2n) is 8.18. The van der Waals surface area contributed by atoms with Crippen molar-refractivity contribution in [2.45, 2.75) is 52.4 Å². The van der Waals surface area contributed by atoms with Crippen LogP contribution in [0.4, 0.5) is 0 Å². The minimum atomic E-state index is -0.0506. The lowest BCUT2D eigenvalue weighted by molar-refractivity contribution is -0.131. The lowest BCUT2D eigenvalue weighted by Gasteiger charge is -2.55. The predicted octanol–water partition coefficient (Wildman–Crippen LogP) is 4.05. The highest BCUT2D eigenvalue weighted by Crippen LogP contribution is 2.63. The Labute approximate surface area is 132 Å². The molecular weight excluding hydrogens is 272 g/mol. The number of fused-ring (bicyclic) bond motifs is 5. The van der Waals surface area contributed by atoms with Crippen LogP contribution >= 0.6 is 0 Å². The molecule has 3 fully saturated rings. The summed E-state index contributed by atoms with van der Waals surface area (Å²) in [6.45, 7) is 4.56. The van der Waals surface area contributed by atoms with Crippen LogP contribution < -0.4 is 0 Å². The van der Waals surface area contributed by atoms with Gasteiger partial charge >= 0.3 is 0 Å². The molecule has 0 spiro atoms. The lowest BCUT2D eigenvalue weighted by Crippen LogP contribution is -2.49. The fraction of sp³-hybridized carbons (Fsp3) is 0.650. The summed E-state index contributed by atoms with van der Waals surface area (Å²) in [6, 6.07) is 0. The first-order valence-electron chi connectivity index (χ1n) is 8.68. The van der Waals surface area contributed by atoms with E-state index in [9.17, 15) is 9.59 Å². The first kappa shape index (κ1) is 14.2. The van der Waals surface area contributed by atoms with E-state index >= 15 is 0 Å². The number of hydrogen-bond acceptors (Lipinski definition) is 2. The Morgan fingerprint density at radius 2 is 1.95 bits per heavy atom. The van der Waals surface area contributed by atoms with E-state index in [0.717, 1.165) is 32.1 Å². The Kier molecular flexibility index (Phi) is 2.94. The molecule has 0 unspecified atom stereocenters. The van der Waals surface area contributed by atoms with Crippen LogP contribution in [0.5, 0.6) is 0 Å². The van der Waals surface area contributed by atoms with Crippen LogP contribution in [0, 0.1) is 28.6 Å². The number of allylic oxidation sites excluding steroid dienone is 5. The normalized spacial score (nSPS) is 46.5. The lowest BCUT2D eigenvalue weighted by atomic mass is 9.48. The molecule has 4 aliphatic rings. The first-order valence-corrected chi connectivity index (χ1v) is 8.68. The third-order valence-corrected chi connectivity index (χ3v) is 7.41. The molecule has 2 heteroatoms. The van der Waals surface area contributed by atoms with Gasteiger partial charge in [0.05, 0.1) is 5.57 Å². The second kappa shape index (κ2) is 4.55. The van der Waals surface area contributed by atoms with Crippen LogP contribution in [0.25, 0.3) is 0 Å². The van der Waals surface area contributed by atoms with Gasteiger partial charge in [-0.25, -0.2) is 4.79 Å². The zero-order valence-corrected chi connectivity index (χ0v) is 13.5. The van der Waals surface area contributed by atoms with Gasteiger partial charge in [-0.3, -0.25) is 4.79 Å². The van der Waals surface area contributed by atoms with Crippen LogP contribution in [0.2, 0.25) is 0 Å². The smallest absolute Gasteiger partial charge is 0.139 e. The molecule has 0 aliphatic heterocycles. The molecule has 0 aromatic rings. The second-order valence-corrected chi connectivity index (χ2v) is 8.18. The molecule has 22 heavy (non-hydrogen) atoms. The van der Waals surface area contributed by atoms with E-state index in [4.69, 9.17) is 0 Å². The van der Waals surface area contributed by atoms with E-state index in [1.165, 1.54) is 12.0 Å². The fourth-order valence-corrected chi connectivity index (χ4v) is 6.06. The van der Waals surface area contributed by atoms with Gasteiger partial charge in [0, 0.05) is 17.3 Å². The molecule has 4 aliphatic carbocycles. The molecule has 0 heterocycles. The van der Waals surface area contributed by atoms with Crippen LogP contribution in [0.3, 0.4) is 0 Å². The van der Waals surface area contributed by atoms with Crippen molar-refractivity contribution in [3.8, 4) is 0 Å². The van der Waals surface area contributed by atoms with Gasteiger partial charge in [-0.05, 0) is 62.0 Å². The van der Waals surface area contributed by atoms with Gasteiger partial charge in [0.25, 0.3) is 0 Å². The number of hydrogen-bond donors (Lipinski definition) is 0. The molecule has 5 atom stereocenters. The molecule has 3 saturated carbocycles. The first-order chi connectivity index (χ1) is 10.5. The fourth-order valence-electron chi connectivity index (χ4n) is 6.06. The molecule has 0 amide bonds. The molecule has 116 valence electrons. The quantitative estimate of drug-likeness (QED) is 0.632. The maximum atomic E-state index is 12.4. The average Bonchev–Trinajstić information content (AvgIpc) is 2.82. The van der Waals surface area contributed by atoms with E-state index in [1.54, 1.807) is 0 Å². The van der Waals surface area contributed by atoms with Gasteiger partial charge in [0.2, 0.25) is 0 Å². The van der Waals surface area contributed by atoms with Crippen LogP contribution in [-0.2, 0) is 9.59 Å². The van der Waals surface area contributed by atoms with E-state index in [0.29, 0.717) is 29.1 Å². The minimum absolute atomic E-state index is 0.0506. The molecule has 2 nitrogen and oxygen atoms in total. The summed E-state index contributed by atoms with van der Waals surface area (Å²) >= 11 is 0. The molecular formula is C20H24O2. The van der Waals surface area contributed by atoms with Gasteiger partial charge in [-0.2, -0.15) is 0 Å². The standard InChI is InChI=1S/C20H24O2/c1-19-9-7-13(12-21)11-14(19)3-4-15-16-5-6-18(22)20(16,2)10-8-17(15)19/h7,9,11,15-17H,3-6,8,10H2,1-2H3/t15-,16-,17-,19-,20-/m0/s1. The summed E-state index contributed by atoms with van der Waals surface area (Å²) in [5, 5.41) is 0. The summed E-state index contributed by atoms with van der Waals surface area (Å²) in [5.41, 5.74) is 2.12. The Hall–Kier alpha value is -1.40. The van der Waals surface area contributed by atoms with Crippen molar-refractivity contribution in [2.75, 3.05) is 0 Å². The summed E-state index contributed by atoms with van der Waals surface area (Å²) in [6.07, 6.45) is 12.6. The van der Waals surface area contributed by atoms with E-state index < -0.39 is 0 Å². The highest BCUT2D eigenvalue weighted by atomic mass is 16.1. The van der Waals surface area contributed by atoms with Gasteiger partial charge in [0.15, 0.2) is 0 Å². The Morgan fingerprint density at radius 3 is 2.73 bits per heavy atom. The number of carbonyl (C=O) groups is 1. The summed E-state index contributed by atoms with van der Waals surface area (Å²) in [7, 11) is 0. The maximum absolute atomic E-state index is 12.4. The monoisotopic (exact) mass is 296 g/mol.